The van der Waals surface area contributed by atoms with Crippen LogP contribution in [0, 0.1) is 6.92 Å². The maximum Gasteiger partial charge on any atom is 0.433 e. The maximum absolute atomic E-state index is 13.0. The molecule has 2 aromatic heterocycles. The number of halogens is 3. The van der Waals surface area contributed by atoms with Crippen molar-refractivity contribution in [1.82, 2.24) is 24.3 Å². The zero-order chi connectivity index (χ0) is 27.4. The van der Waals surface area contributed by atoms with E-state index >= 15 is 0 Å². The van der Waals surface area contributed by atoms with Crippen LogP contribution in [0.2, 0.25) is 0 Å². The molecule has 1 fully saturated rings. The molecule has 1 N–H and O–H groups in total. The standard InChI is InChI=1S/C27H31F3N6O2/c1-18-8-6-10-21-24(18)36(20-9-4-5-15-35(17-20)23(37)11-7-14-34(2)3)26(32-21)33-25(38)19-12-13-22(31-16-19)27(28,29)30/h6-8,10-13,16,20H,4-5,9,14-15,17H2,1-3H3,(H,32,33,38). The normalized spacial score (nSPS) is 16.8. The lowest BCUT2D eigenvalue weighted by Crippen LogP contribution is -2.35. The second kappa shape index (κ2) is 11.3. The molecule has 4 rings (SSSR count). The number of likely N-dealkylation sites (N-methyl/N-ethyl adjacent to an activating group) is 1. The first-order valence-corrected chi connectivity index (χ1v) is 12.5. The lowest BCUT2D eigenvalue weighted by Gasteiger charge is -2.26. The van der Waals surface area contributed by atoms with Gasteiger partial charge in [-0.15, -0.1) is 0 Å². The van der Waals surface area contributed by atoms with Gasteiger partial charge in [0.15, 0.2) is 0 Å². The molecule has 0 bridgehead atoms. The highest BCUT2D eigenvalue weighted by atomic mass is 19.4. The largest absolute Gasteiger partial charge is 0.433 e. The second-order valence-electron chi connectivity index (χ2n) is 9.73. The summed E-state index contributed by atoms with van der Waals surface area (Å²) in [5.41, 5.74) is 1.39. The number of amides is 2. The molecule has 1 aliphatic rings. The van der Waals surface area contributed by atoms with Crippen molar-refractivity contribution in [2.75, 3.05) is 39.0 Å². The fraction of sp³-hybridized carbons (Fsp3) is 0.407. The van der Waals surface area contributed by atoms with Crippen LogP contribution in [0.5, 0.6) is 0 Å². The fourth-order valence-corrected chi connectivity index (χ4v) is 4.63. The average molecular weight is 529 g/mol. The Morgan fingerprint density at radius 1 is 1.18 bits per heavy atom. The summed E-state index contributed by atoms with van der Waals surface area (Å²) in [6.07, 6.45) is 2.26. The van der Waals surface area contributed by atoms with Crippen LogP contribution < -0.4 is 5.32 Å². The van der Waals surface area contributed by atoms with Gasteiger partial charge in [-0.1, -0.05) is 18.2 Å². The molecule has 0 saturated carbocycles. The molecule has 1 unspecified atom stereocenters. The predicted octanol–water partition coefficient (Wildman–Crippen LogP) is 4.68. The molecule has 3 aromatic rings. The number of likely N-dealkylation sites (tertiary alicyclic amines) is 1. The number of nitrogens with zero attached hydrogens (tertiary/aromatic N) is 5. The van der Waals surface area contributed by atoms with E-state index in [1.165, 1.54) is 0 Å². The summed E-state index contributed by atoms with van der Waals surface area (Å²) in [6.45, 7) is 3.68. The van der Waals surface area contributed by atoms with Crippen molar-refractivity contribution in [2.45, 2.75) is 38.4 Å². The van der Waals surface area contributed by atoms with Crippen LogP contribution in [0.4, 0.5) is 19.1 Å². The summed E-state index contributed by atoms with van der Waals surface area (Å²) in [4.78, 5) is 37.8. The van der Waals surface area contributed by atoms with Crippen LogP contribution in [-0.4, -0.2) is 69.9 Å². The van der Waals surface area contributed by atoms with E-state index in [4.69, 9.17) is 0 Å². The van der Waals surface area contributed by atoms with E-state index in [-0.39, 0.29) is 23.5 Å². The van der Waals surface area contributed by atoms with Crippen molar-refractivity contribution in [3.05, 3.63) is 65.5 Å². The van der Waals surface area contributed by atoms with Gasteiger partial charge in [-0.05, 0) is 64.0 Å². The Bertz CT molecular complexity index is 1330. The van der Waals surface area contributed by atoms with Gasteiger partial charge in [0.1, 0.15) is 5.69 Å². The minimum atomic E-state index is -4.59. The summed E-state index contributed by atoms with van der Waals surface area (Å²) in [6, 6.07) is 7.39. The molecule has 0 aliphatic carbocycles. The quantitative estimate of drug-likeness (QED) is 0.470. The molecule has 202 valence electrons. The van der Waals surface area contributed by atoms with Crippen molar-refractivity contribution in [3.8, 4) is 0 Å². The van der Waals surface area contributed by atoms with E-state index in [0.717, 1.165) is 48.7 Å². The topological polar surface area (TPSA) is 83.4 Å². The van der Waals surface area contributed by atoms with Crippen molar-refractivity contribution >= 4 is 28.8 Å². The van der Waals surface area contributed by atoms with Gasteiger partial charge in [0, 0.05) is 31.9 Å². The Labute approximate surface area is 219 Å². The number of benzene rings is 1. The molecule has 3 heterocycles. The first-order chi connectivity index (χ1) is 18.0. The van der Waals surface area contributed by atoms with Gasteiger partial charge in [0.05, 0.1) is 22.6 Å². The van der Waals surface area contributed by atoms with Crippen LogP contribution in [0.3, 0.4) is 0 Å². The molecule has 1 aromatic carbocycles. The number of alkyl halides is 3. The number of fused-ring (bicyclic) bond motifs is 1. The Morgan fingerprint density at radius 2 is 1.97 bits per heavy atom. The highest BCUT2D eigenvalue weighted by molar-refractivity contribution is 6.04. The third-order valence-electron chi connectivity index (χ3n) is 6.51. The molecule has 0 spiro atoms. The molecule has 1 atom stereocenters. The molecular weight excluding hydrogens is 497 g/mol. The van der Waals surface area contributed by atoms with E-state index in [2.05, 4.69) is 15.3 Å². The van der Waals surface area contributed by atoms with Crippen molar-refractivity contribution < 1.29 is 22.8 Å². The zero-order valence-corrected chi connectivity index (χ0v) is 21.6. The van der Waals surface area contributed by atoms with Gasteiger partial charge in [0.25, 0.3) is 5.91 Å². The number of hydrogen-bond acceptors (Lipinski definition) is 5. The maximum atomic E-state index is 13.0. The predicted molar refractivity (Wildman–Crippen MR) is 139 cm³/mol. The molecule has 2 amide bonds. The van der Waals surface area contributed by atoms with Crippen LogP contribution >= 0.6 is 0 Å². The number of para-hydroxylation sites is 1. The Balaban J connectivity index is 1.65. The van der Waals surface area contributed by atoms with Gasteiger partial charge < -0.3 is 14.4 Å². The average Bonchev–Trinajstić information content (AvgIpc) is 3.05. The lowest BCUT2D eigenvalue weighted by atomic mass is 10.1. The zero-order valence-electron chi connectivity index (χ0n) is 21.6. The van der Waals surface area contributed by atoms with Crippen LogP contribution in [0.15, 0.2) is 48.7 Å². The summed E-state index contributed by atoms with van der Waals surface area (Å²) < 4.78 is 40.6. The van der Waals surface area contributed by atoms with Gasteiger partial charge in [-0.2, -0.15) is 13.2 Å². The third-order valence-corrected chi connectivity index (χ3v) is 6.51. The summed E-state index contributed by atoms with van der Waals surface area (Å²) >= 11 is 0. The Hall–Kier alpha value is -3.73. The number of hydrogen-bond donors (Lipinski definition) is 1. The summed E-state index contributed by atoms with van der Waals surface area (Å²) in [7, 11) is 3.86. The number of aromatic nitrogens is 3. The minimum absolute atomic E-state index is 0.0166. The van der Waals surface area contributed by atoms with Crippen molar-refractivity contribution in [1.29, 1.82) is 0 Å². The highest BCUT2D eigenvalue weighted by Crippen LogP contribution is 2.32. The van der Waals surface area contributed by atoms with Crippen LogP contribution in [-0.2, 0) is 11.0 Å². The number of carbonyl (C=O) groups excluding carboxylic acids is 2. The number of imidazole rings is 1. The van der Waals surface area contributed by atoms with Gasteiger partial charge >= 0.3 is 6.18 Å². The minimum Gasteiger partial charge on any atom is -0.337 e. The van der Waals surface area contributed by atoms with Crippen LogP contribution in [0.25, 0.3) is 11.0 Å². The van der Waals surface area contributed by atoms with Gasteiger partial charge in [0.2, 0.25) is 11.9 Å². The number of rotatable bonds is 6. The number of pyridine rings is 1. The highest BCUT2D eigenvalue weighted by Gasteiger charge is 2.32. The first-order valence-electron chi connectivity index (χ1n) is 12.5. The third kappa shape index (κ3) is 6.21. The van der Waals surface area contributed by atoms with E-state index in [0.29, 0.717) is 25.2 Å². The molecule has 1 saturated heterocycles. The van der Waals surface area contributed by atoms with E-state index < -0.39 is 17.8 Å². The van der Waals surface area contributed by atoms with Crippen molar-refractivity contribution in [2.24, 2.45) is 0 Å². The lowest BCUT2D eigenvalue weighted by molar-refractivity contribution is -0.141. The molecular formula is C27H31F3N6O2. The summed E-state index contributed by atoms with van der Waals surface area (Å²) in [5, 5.41) is 2.78. The van der Waals surface area contributed by atoms with Gasteiger partial charge in [-0.25, -0.2) is 4.98 Å². The van der Waals surface area contributed by atoms with Crippen molar-refractivity contribution in [3.63, 3.8) is 0 Å². The SMILES string of the molecule is Cc1cccc2nc(NC(=O)c3ccc(C(F)(F)F)nc3)n(C3CCCCN(C(=O)C=CCN(C)C)C3)c12. The first kappa shape index (κ1) is 27.3. The molecule has 0 radical (unpaired) electrons. The molecule has 38 heavy (non-hydrogen) atoms. The molecule has 11 heteroatoms. The molecule has 1 aliphatic heterocycles. The van der Waals surface area contributed by atoms with Crippen LogP contribution in [0.1, 0.15) is 46.9 Å². The fourth-order valence-electron chi connectivity index (χ4n) is 4.63. The second-order valence-corrected chi connectivity index (χ2v) is 9.73. The van der Waals surface area contributed by atoms with E-state index in [9.17, 15) is 22.8 Å². The number of nitrogens with one attached hydrogen (secondary N) is 1. The van der Waals surface area contributed by atoms with Gasteiger partial charge in [-0.3, -0.25) is 19.9 Å². The van der Waals surface area contributed by atoms with E-state index in [1.54, 1.807) is 6.08 Å². The Morgan fingerprint density at radius 3 is 2.66 bits per heavy atom. The summed E-state index contributed by atoms with van der Waals surface area (Å²) in [5.74, 6) is -0.406. The monoisotopic (exact) mass is 528 g/mol. The molecule has 8 nitrogen and oxygen atoms in total. The number of carbonyl (C=O) groups is 2. The smallest absolute Gasteiger partial charge is 0.337 e. The Kier molecular flexibility index (Phi) is 8.15. The number of aryl methyl sites for hydroxylation is 1. The number of anilines is 1. The van der Waals surface area contributed by atoms with E-state index in [1.807, 2.05) is 59.7 Å².